The maximum absolute atomic E-state index is 12.5. The molecular formula is C16H25N3O. The average molecular weight is 275 g/mol. The van der Waals surface area contributed by atoms with E-state index in [1.165, 1.54) is 29.8 Å². The molecule has 4 nitrogen and oxygen atoms in total. The maximum atomic E-state index is 12.5. The monoisotopic (exact) mass is 275 g/mol. The van der Waals surface area contributed by atoms with Crippen LogP contribution in [0.5, 0.6) is 0 Å². The molecule has 1 aliphatic carbocycles. The number of aryl methyl sites for hydroxylation is 1. The van der Waals surface area contributed by atoms with Gasteiger partial charge in [-0.2, -0.15) is 0 Å². The highest BCUT2D eigenvalue weighted by Crippen LogP contribution is 2.38. The summed E-state index contributed by atoms with van der Waals surface area (Å²) in [6.45, 7) is 8.02. The van der Waals surface area contributed by atoms with E-state index in [-0.39, 0.29) is 5.91 Å². The highest BCUT2D eigenvalue weighted by molar-refractivity contribution is 5.79. The van der Waals surface area contributed by atoms with E-state index in [4.69, 9.17) is 0 Å². The molecule has 2 aliphatic rings. The fourth-order valence-corrected chi connectivity index (χ4v) is 3.29. The zero-order valence-corrected chi connectivity index (χ0v) is 12.6. The molecule has 1 saturated carbocycles. The van der Waals surface area contributed by atoms with Gasteiger partial charge >= 0.3 is 0 Å². The van der Waals surface area contributed by atoms with E-state index in [0.717, 1.165) is 32.6 Å². The topological polar surface area (TPSA) is 37.3 Å². The number of hydrogen-bond donors (Lipinski definition) is 1. The Bertz CT molecular complexity index is 494. The van der Waals surface area contributed by atoms with E-state index in [2.05, 4.69) is 29.8 Å². The van der Waals surface area contributed by atoms with Gasteiger partial charge in [0.2, 0.25) is 5.91 Å². The van der Waals surface area contributed by atoms with Gasteiger partial charge in [-0.05, 0) is 51.3 Å². The summed E-state index contributed by atoms with van der Waals surface area (Å²) < 4.78 is 2.42. The molecule has 1 saturated heterocycles. The molecule has 1 aliphatic heterocycles. The molecule has 4 heteroatoms. The van der Waals surface area contributed by atoms with E-state index >= 15 is 0 Å². The number of rotatable bonds is 3. The van der Waals surface area contributed by atoms with Gasteiger partial charge in [0.1, 0.15) is 0 Å². The lowest BCUT2D eigenvalue weighted by atomic mass is 10.1. The zero-order valence-electron chi connectivity index (χ0n) is 12.6. The van der Waals surface area contributed by atoms with Crippen molar-refractivity contribution in [3.63, 3.8) is 0 Å². The predicted octanol–water partition coefficient (Wildman–Crippen LogP) is 1.80. The lowest BCUT2D eigenvalue weighted by Crippen LogP contribution is -2.35. The fourth-order valence-electron chi connectivity index (χ4n) is 3.29. The molecule has 20 heavy (non-hydrogen) atoms. The fraction of sp³-hybridized carbons (Fsp3) is 0.688. The van der Waals surface area contributed by atoms with Crippen molar-refractivity contribution >= 4 is 5.91 Å². The third kappa shape index (κ3) is 2.75. The first kappa shape index (κ1) is 13.7. The van der Waals surface area contributed by atoms with Crippen molar-refractivity contribution in [2.24, 2.45) is 0 Å². The molecule has 1 aromatic rings. The van der Waals surface area contributed by atoms with Crippen LogP contribution in [0.15, 0.2) is 6.07 Å². The SMILES string of the molecule is Cc1cc(CC(=O)N2CCCNCC2)c(C)n1C1CC1. The molecular weight excluding hydrogens is 250 g/mol. The molecule has 0 radical (unpaired) electrons. The lowest BCUT2D eigenvalue weighted by molar-refractivity contribution is -0.130. The minimum Gasteiger partial charge on any atom is -0.346 e. The summed E-state index contributed by atoms with van der Waals surface area (Å²) in [5, 5.41) is 3.35. The largest absolute Gasteiger partial charge is 0.346 e. The van der Waals surface area contributed by atoms with Crippen LogP contribution >= 0.6 is 0 Å². The molecule has 1 aromatic heterocycles. The quantitative estimate of drug-likeness (QED) is 0.913. The van der Waals surface area contributed by atoms with E-state index in [9.17, 15) is 4.79 Å². The lowest BCUT2D eigenvalue weighted by Gasteiger charge is -2.20. The highest BCUT2D eigenvalue weighted by Gasteiger charge is 2.27. The second-order valence-electron chi connectivity index (χ2n) is 6.16. The van der Waals surface area contributed by atoms with Crippen molar-refractivity contribution in [1.82, 2.24) is 14.8 Å². The molecule has 1 amide bonds. The average Bonchev–Trinajstić information content (AvgIpc) is 3.21. The zero-order chi connectivity index (χ0) is 14.1. The number of carbonyl (C=O) groups excluding carboxylic acids is 1. The normalized spacial score (nSPS) is 20.0. The van der Waals surface area contributed by atoms with Crippen LogP contribution in [-0.4, -0.2) is 41.6 Å². The predicted molar refractivity (Wildman–Crippen MR) is 79.9 cm³/mol. The number of hydrogen-bond acceptors (Lipinski definition) is 2. The van der Waals surface area contributed by atoms with Gasteiger partial charge < -0.3 is 14.8 Å². The Morgan fingerprint density at radius 1 is 1.30 bits per heavy atom. The van der Waals surface area contributed by atoms with E-state index < -0.39 is 0 Å². The molecule has 2 heterocycles. The standard InChI is InChI=1S/C16H25N3O/c1-12-10-14(13(2)19(12)15-4-5-15)11-16(20)18-8-3-6-17-7-9-18/h10,15,17H,3-9,11H2,1-2H3. The van der Waals surface area contributed by atoms with Gasteiger partial charge in [-0.3, -0.25) is 4.79 Å². The number of nitrogens with one attached hydrogen (secondary N) is 1. The molecule has 1 N–H and O–H groups in total. The summed E-state index contributed by atoms with van der Waals surface area (Å²) in [5.74, 6) is 0.282. The van der Waals surface area contributed by atoms with Crippen LogP contribution in [0.1, 0.15) is 42.3 Å². The van der Waals surface area contributed by atoms with Gasteiger partial charge in [-0.1, -0.05) is 0 Å². The molecule has 110 valence electrons. The Morgan fingerprint density at radius 2 is 2.10 bits per heavy atom. The summed E-state index contributed by atoms with van der Waals surface area (Å²) in [6.07, 6.45) is 4.21. The molecule has 0 unspecified atom stereocenters. The number of carbonyl (C=O) groups is 1. The first-order chi connectivity index (χ1) is 9.66. The molecule has 0 bridgehead atoms. The van der Waals surface area contributed by atoms with Crippen molar-refractivity contribution in [3.8, 4) is 0 Å². The number of amides is 1. The van der Waals surface area contributed by atoms with Gasteiger partial charge in [0.15, 0.2) is 0 Å². The van der Waals surface area contributed by atoms with Crippen LogP contribution in [0.4, 0.5) is 0 Å². The smallest absolute Gasteiger partial charge is 0.227 e. The molecule has 0 atom stereocenters. The van der Waals surface area contributed by atoms with Crippen LogP contribution in [0.3, 0.4) is 0 Å². The number of aromatic nitrogens is 1. The second kappa shape index (κ2) is 5.60. The van der Waals surface area contributed by atoms with Crippen LogP contribution in [0.25, 0.3) is 0 Å². The third-order valence-corrected chi connectivity index (χ3v) is 4.54. The van der Waals surface area contributed by atoms with E-state index in [0.29, 0.717) is 12.5 Å². The summed E-state index contributed by atoms with van der Waals surface area (Å²) >= 11 is 0. The second-order valence-corrected chi connectivity index (χ2v) is 6.16. The summed E-state index contributed by atoms with van der Waals surface area (Å²) in [5.41, 5.74) is 3.83. The summed E-state index contributed by atoms with van der Waals surface area (Å²) in [4.78, 5) is 14.5. The van der Waals surface area contributed by atoms with Crippen LogP contribution in [0.2, 0.25) is 0 Å². The van der Waals surface area contributed by atoms with Crippen LogP contribution < -0.4 is 5.32 Å². The van der Waals surface area contributed by atoms with E-state index in [1.54, 1.807) is 0 Å². The summed E-state index contributed by atoms with van der Waals surface area (Å²) in [7, 11) is 0. The minimum atomic E-state index is 0.282. The van der Waals surface area contributed by atoms with Gasteiger partial charge in [0.05, 0.1) is 6.42 Å². The Balaban J connectivity index is 1.70. The van der Waals surface area contributed by atoms with Crippen molar-refractivity contribution in [2.75, 3.05) is 26.2 Å². The first-order valence-corrected chi connectivity index (χ1v) is 7.82. The number of nitrogens with zero attached hydrogens (tertiary/aromatic N) is 2. The first-order valence-electron chi connectivity index (χ1n) is 7.82. The van der Waals surface area contributed by atoms with E-state index in [1.807, 2.05) is 4.90 Å². The molecule has 0 spiro atoms. The Hall–Kier alpha value is -1.29. The van der Waals surface area contributed by atoms with Crippen LogP contribution in [-0.2, 0) is 11.2 Å². The third-order valence-electron chi connectivity index (χ3n) is 4.54. The van der Waals surface area contributed by atoms with Gasteiger partial charge in [-0.25, -0.2) is 0 Å². The molecule has 0 aromatic carbocycles. The van der Waals surface area contributed by atoms with Crippen molar-refractivity contribution in [3.05, 3.63) is 23.0 Å². The Kier molecular flexibility index (Phi) is 3.83. The van der Waals surface area contributed by atoms with Crippen molar-refractivity contribution in [1.29, 1.82) is 0 Å². The molecule has 3 rings (SSSR count). The molecule has 2 fully saturated rings. The van der Waals surface area contributed by atoms with Gasteiger partial charge in [0, 0.05) is 37.1 Å². The Labute approximate surface area is 121 Å². The Morgan fingerprint density at radius 3 is 2.85 bits per heavy atom. The van der Waals surface area contributed by atoms with Crippen LogP contribution in [0, 0.1) is 13.8 Å². The summed E-state index contributed by atoms with van der Waals surface area (Å²) in [6, 6.07) is 2.91. The van der Waals surface area contributed by atoms with Gasteiger partial charge in [0.25, 0.3) is 0 Å². The van der Waals surface area contributed by atoms with Crippen molar-refractivity contribution < 1.29 is 4.79 Å². The van der Waals surface area contributed by atoms with Gasteiger partial charge in [-0.15, -0.1) is 0 Å². The van der Waals surface area contributed by atoms with Crippen molar-refractivity contribution in [2.45, 2.75) is 45.6 Å². The maximum Gasteiger partial charge on any atom is 0.227 e. The highest BCUT2D eigenvalue weighted by atomic mass is 16.2. The minimum absolute atomic E-state index is 0.282.